The lowest BCUT2D eigenvalue weighted by molar-refractivity contribution is -0.142. The van der Waals surface area contributed by atoms with Crippen molar-refractivity contribution in [1.29, 1.82) is 0 Å². The summed E-state index contributed by atoms with van der Waals surface area (Å²) in [5.74, 6) is -0.165. The minimum absolute atomic E-state index is 0.0212. The lowest BCUT2D eigenvalue weighted by Crippen LogP contribution is -2.42. The molecular formula is C21H24FN7O3S. The van der Waals surface area contributed by atoms with Gasteiger partial charge in [-0.3, -0.25) is 9.78 Å². The highest BCUT2D eigenvalue weighted by Crippen LogP contribution is 2.43. The zero-order valence-corrected chi connectivity index (χ0v) is 18.8. The molecule has 33 heavy (non-hydrogen) atoms. The highest BCUT2D eigenvalue weighted by molar-refractivity contribution is 7.15. The van der Waals surface area contributed by atoms with Crippen LogP contribution < -0.4 is 10.6 Å². The van der Waals surface area contributed by atoms with E-state index in [1.165, 1.54) is 6.07 Å². The van der Waals surface area contributed by atoms with Gasteiger partial charge in [0.1, 0.15) is 22.3 Å². The molecule has 174 valence electrons. The van der Waals surface area contributed by atoms with Gasteiger partial charge in [0.2, 0.25) is 5.13 Å². The van der Waals surface area contributed by atoms with E-state index >= 15 is 0 Å². The van der Waals surface area contributed by atoms with Crippen LogP contribution in [0.25, 0.3) is 0 Å². The molecule has 1 unspecified atom stereocenters. The van der Waals surface area contributed by atoms with Crippen molar-refractivity contribution >= 4 is 28.3 Å². The standard InChI is InChI=1S/C21H24FN7O3S/c1-2-32-17(30)11-16-28-29-20(33-16)25-19(31)14-6-7-15(27-26-14)24-12-21(8-4-9-21)18-13(22)5-3-10-23-18/h3,5-7,10,19,31H,2,4,8-9,11-12H2,1H3,(H,24,27)(H,25,29). The highest BCUT2D eigenvalue weighted by atomic mass is 32.1. The molecule has 1 aliphatic carbocycles. The lowest BCUT2D eigenvalue weighted by Gasteiger charge is -2.41. The molecule has 10 nitrogen and oxygen atoms in total. The third kappa shape index (κ3) is 5.40. The third-order valence-corrected chi connectivity index (χ3v) is 6.33. The molecule has 4 rings (SSSR count). The monoisotopic (exact) mass is 473 g/mol. The van der Waals surface area contributed by atoms with Gasteiger partial charge in [0.25, 0.3) is 0 Å². The number of aliphatic hydroxyl groups is 1. The number of carbonyl (C=O) groups excluding carboxylic acids is 1. The largest absolute Gasteiger partial charge is 0.466 e. The number of nitrogens with zero attached hydrogens (tertiary/aromatic N) is 5. The molecule has 0 radical (unpaired) electrons. The van der Waals surface area contributed by atoms with Crippen molar-refractivity contribution in [3.05, 3.63) is 52.7 Å². The van der Waals surface area contributed by atoms with Gasteiger partial charge < -0.3 is 20.5 Å². The predicted molar refractivity (Wildman–Crippen MR) is 119 cm³/mol. The molecule has 12 heteroatoms. The van der Waals surface area contributed by atoms with E-state index in [0.717, 1.165) is 30.6 Å². The van der Waals surface area contributed by atoms with Crippen molar-refractivity contribution in [3.63, 3.8) is 0 Å². The van der Waals surface area contributed by atoms with E-state index in [1.807, 2.05) is 0 Å². The van der Waals surface area contributed by atoms with Gasteiger partial charge in [-0.15, -0.1) is 20.4 Å². The molecule has 1 saturated carbocycles. The summed E-state index contributed by atoms with van der Waals surface area (Å²) in [5.41, 5.74) is 0.412. The zero-order chi connectivity index (χ0) is 23.3. The van der Waals surface area contributed by atoms with Gasteiger partial charge in [-0.05, 0) is 44.0 Å². The number of hydrogen-bond acceptors (Lipinski definition) is 11. The van der Waals surface area contributed by atoms with E-state index in [2.05, 4.69) is 36.0 Å². The first-order chi connectivity index (χ1) is 16.0. The Labute approximate surface area is 193 Å². The number of rotatable bonds is 10. The maximum absolute atomic E-state index is 14.3. The molecule has 0 amide bonds. The topological polar surface area (TPSA) is 135 Å². The Morgan fingerprint density at radius 2 is 2.12 bits per heavy atom. The van der Waals surface area contributed by atoms with E-state index in [-0.39, 0.29) is 29.3 Å². The number of halogens is 1. The van der Waals surface area contributed by atoms with Crippen LogP contribution in [0.3, 0.4) is 0 Å². The molecule has 0 spiro atoms. The second kappa shape index (κ2) is 10.1. The second-order valence-corrected chi connectivity index (χ2v) is 8.76. The Bertz CT molecular complexity index is 1090. The zero-order valence-electron chi connectivity index (χ0n) is 18.0. The van der Waals surface area contributed by atoms with Crippen molar-refractivity contribution in [2.24, 2.45) is 0 Å². The maximum atomic E-state index is 14.3. The average molecular weight is 474 g/mol. The second-order valence-electron chi connectivity index (χ2n) is 7.69. The quantitative estimate of drug-likeness (QED) is 0.298. The number of ether oxygens (including phenoxy) is 1. The molecule has 3 heterocycles. The van der Waals surface area contributed by atoms with Crippen LogP contribution >= 0.6 is 11.3 Å². The average Bonchev–Trinajstić information content (AvgIpc) is 3.21. The molecule has 1 fully saturated rings. The van der Waals surface area contributed by atoms with Crippen molar-refractivity contribution in [3.8, 4) is 0 Å². The number of nitrogens with one attached hydrogen (secondary N) is 2. The van der Waals surface area contributed by atoms with Crippen molar-refractivity contribution in [2.45, 2.75) is 44.2 Å². The van der Waals surface area contributed by atoms with Gasteiger partial charge in [0.15, 0.2) is 6.23 Å². The molecule has 0 aliphatic heterocycles. The Kier molecular flexibility index (Phi) is 7.04. The molecule has 3 N–H and O–H groups in total. The Hall–Kier alpha value is -3.25. The fourth-order valence-corrected chi connectivity index (χ4v) is 4.38. The SMILES string of the molecule is CCOC(=O)Cc1nnc(NC(O)c2ccc(NCC3(c4ncccc4F)CCC3)nn2)s1. The summed E-state index contributed by atoms with van der Waals surface area (Å²) in [7, 11) is 0. The summed E-state index contributed by atoms with van der Waals surface area (Å²) in [4.78, 5) is 15.8. The van der Waals surface area contributed by atoms with E-state index in [0.29, 0.717) is 34.8 Å². The van der Waals surface area contributed by atoms with Gasteiger partial charge in [-0.25, -0.2) is 4.39 Å². The minimum Gasteiger partial charge on any atom is -0.466 e. The number of esters is 1. The van der Waals surface area contributed by atoms with Crippen LogP contribution in [0.1, 0.15) is 48.8 Å². The van der Waals surface area contributed by atoms with Crippen LogP contribution in [0.5, 0.6) is 0 Å². The molecule has 0 saturated heterocycles. The summed E-state index contributed by atoms with van der Waals surface area (Å²) in [6.45, 7) is 2.52. The number of carbonyl (C=O) groups is 1. The van der Waals surface area contributed by atoms with Gasteiger partial charge in [0, 0.05) is 18.2 Å². The summed E-state index contributed by atoms with van der Waals surface area (Å²) in [5, 5.41) is 33.2. The number of hydrogen-bond donors (Lipinski definition) is 3. The number of anilines is 2. The summed E-state index contributed by atoms with van der Waals surface area (Å²) in [6, 6.07) is 6.34. The first-order valence-electron chi connectivity index (χ1n) is 10.6. The van der Waals surface area contributed by atoms with Crippen molar-refractivity contribution in [1.82, 2.24) is 25.4 Å². The summed E-state index contributed by atoms with van der Waals surface area (Å²) in [6.07, 6.45) is 3.19. The van der Waals surface area contributed by atoms with E-state index in [9.17, 15) is 14.3 Å². The Balaban J connectivity index is 1.33. The lowest BCUT2D eigenvalue weighted by atomic mass is 9.66. The molecule has 3 aromatic rings. The van der Waals surface area contributed by atoms with Gasteiger partial charge in [-0.1, -0.05) is 17.8 Å². The molecule has 0 aromatic carbocycles. The summed E-state index contributed by atoms with van der Waals surface area (Å²) < 4.78 is 19.1. The van der Waals surface area contributed by atoms with Gasteiger partial charge in [0.05, 0.1) is 18.7 Å². The molecule has 1 atom stereocenters. The smallest absolute Gasteiger partial charge is 0.312 e. The molecule has 1 aliphatic rings. The van der Waals surface area contributed by atoms with Gasteiger partial charge in [-0.2, -0.15) is 0 Å². The van der Waals surface area contributed by atoms with Crippen LogP contribution in [-0.4, -0.2) is 49.6 Å². The highest BCUT2D eigenvalue weighted by Gasteiger charge is 2.41. The fourth-order valence-electron chi connectivity index (χ4n) is 3.63. The number of aliphatic hydroxyl groups excluding tert-OH is 1. The Morgan fingerprint density at radius 3 is 2.79 bits per heavy atom. The number of aromatic nitrogens is 5. The van der Waals surface area contributed by atoms with E-state index in [1.54, 1.807) is 31.3 Å². The van der Waals surface area contributed by atoms with Crippen molar-refractivity contribution in [2.75, 3.05) is 23.8 Å². The van der Waals surface area contributed by atoms with Crippen LogP contribution in [0.2, 0.25) is 0 Å². The normalized spacial score (nSPS) is 15.4. The molecule has 0 bridgehead atoms. The minimum atomic E-state index is -1.16. The molecular weight excluding hydrogens is 449 g/mol. The first kappa shape index (κ1) is 22.9. The fraction of sp³-hybridized carbons (Fsp3) is 0.429. The number of pyridine rings is 1. The van der Waals surface area contributed by atoms with E-state index in [4.69, 9.17) is 4.74 Å². The molecule has 3 aromatic heterocycles. The first-order valence-corrected chi connectivity index (χ1v) is 11.4. The van der Waals surface area contributed by atoms with Crippen LogP contribution in [-0.2, 0) is 21.4 Å². The maximum Gasteiger partial charge on any atom is 0.312 e. The van der Waals surface area contributed by atoms with Crippen LogP contribution in [0.4, 0.5) is 15.3 Å². The van der Waals surface area contributed by atoms with E-state index < -0.39 is 6.23 Å². The van der Waals surface area contributed by atoms with Crippen molar-refractivity contribution < 1.29 is 19.0 Å². The predicted octanol–water partition coefficient (Wildman–Crippen LogP) is 2.60. The third-order valence-electron chi connectivity index (χ3n) is 5.47. The van der Waals surface area contributed by atoms with Crippen LogP contribution in [0.15, 0.2) is 30.5 Å². The van der Waals surface area contributed by atoms with Gasteiger partial charge >= 0.3 is 5.97 Å². The van der Waals surface area contributed by atoms with Crippen LogP contribution in [0, 0.1) is 5.82 Å². The summed E-state index contributed by atoms with van der Waals surface area (Å²) >= 11 is 1.14. The Morgan fingerprint density at radius 1 is 1.27 bits per heavy atom.